The molecule has 0 N–H and O–H groups in total. The molecule has 2 aliphatic rings. The summed E-state index contributed by atoms with van der Waals surface area (Å²) in [5, 5.41) is 12.0. The van der Waals surface area contributed by atoms with E-state index in [9.17, 15) is 19.7 Å². The van der Waals surface area contributed by atoms with Gasteiger partial charge in [0.2, 0.25) is 0 Å². The van der Waals surface area contributed by atoms with Gasteiger partial charge in [0.15, 0.2) is 4.80 Å². The second kappa shape index (κ2) is 12.3. The fourth-order valence-electron chi connectivity index (χ4n) is 5.42. The van der Waals surface area contributed by atoms with Gasteiger partial charge in [-0.25, -0.2) is 9.79 Å². The molecule has 0 unspecified atom stereocenters. The topological polar surface area (TPSA) is 116 Å². The van der Waals surface area contributed by atoms with E-state index in [0.29, 0.717) is 44.2 Å². The van der Waals surface area contributed by atoms with Crippen LogP contribution in [0.15, 0.2) is 63.5 Å². The first-order valence-electron chi connectivity index (χ1n) is 14.2. The Labute approximate surface area is 247 Å². The Bertz CT molecular complexity index is 1720. The number of hydrogen-bond acceptors (Lipinski definition) is 9. The minimum Gasteiger partial charge on any atom is -0.494 e. The van der Waals surface area contributed by atoms with Gasteiger partial charge in [-0.05, 0) is 82.4 Å². The number of anilines is 1. The van der Waals surface area contributed by atoms with E-state index < -0.39 is 12.0 Å². The number of fused-ring (bicyclic) bond motifs is 1. The van der Waals surface area contributed by atoms with Crippen LogP contribution < -0.4 is 24.5 Å². The molecular weight excluding hydrogens is 556 g/mol. The molecule has 0 bridgehead atoms. The highest BCUT2D eigenvalue weighted by molar-refractivity contribution is 7.07. The van der Waals surface area contributed by atoms with Gasteiger partial charge in [-0.3, -0.25) is 19.5 Å². The third kappa shape index (κ3) is 5.87. The molecule has 42 heavy (non-hydrogen) atoms. The van der Waals surface area contributed by atoms with E-state index in [1.165, 1.54) is 22.0 Å². The molecule has 1 saturated heterocycles. The number of benzene rings is 2. The predicted molar refractivity (Wildman–Crippen MR) is 162 cm³/mol. The van der Waals surface area contributed by atoms with Crippen LogP contribution in [0.2, 0.25) is 0 Å². The Morgan fingerprint density at radius 2 is 1.88 bits per heavy atom. The Morgan fingerprint density at radius 1 is 1.17 bits per heavy atom. The standard InChI is InChI=1S/C31H34N4O6S/c1-5-40-23-12-10-22(11-13-23)28-27(30(37)41-19(2)3)20(4)32-31-34(28)29(36)26(42-31)18-21-9-14-24(25(17-21)35(38)39)33-15-7-6-8-16-33/h9-14,17-19,28H,5-8,15-16H2,1-4H3/b26-18-/t28-/m1/s1. The van der Waals surface area contributed by atoms with Crippen molar-refractivity contribution >= 4 is 34.8 Å². The van der Waals surface area contributed by atoms with Gasteiger partial charge in [0, 0.05) is 19.2 Å². The number of allylic oxidation sites excluding steroid dienone is 1. The van der Waals surface area contributed by atoms with E-state index >= 15 is 0 Å². The molecule has 1 atom stereocenters. The minimum absolute atomic E-state index is 0.0141. The monoisotopic (exact) mass is 590 g/mol. The molecule has 0 radical (unpaired) electrons. The fourth-order valence-corrected chi connectivity index (χ4v) is 6.47. The van der Waals surface area contributed by atoms with E-state index in [0.717, 1.165) is 32.4 Å². The fraction of sp³-hybridized carbons (Fsp3) is 0.387. The average molecular weight is 591 g/mol. The van der Waals surface area contributed by atoms with Crippen LogP contribution in [0.4, 0.5) is 11.4 Å². The van der Waals surface area contributed by atoms with E-state index in [-0.39, 0.29) is 27.8 Å². The normalized spacial score (nSPS) is 17.2. The first kappa shape index (κ1) is 29.2. The summed E-state index contributed by atoms with van der Waals surface area (Å²) in [6, 6.07) is 11.6. The van der Waals surface area contributed by atoms with Gasteiger partial charge in [0.25, 0.3) is 11.2 Å². The maximum Gasteiger partial charge on any atom is 0.338 e. The summed E-state index contributed by atoms with van der Waals surface area (Å²) in [7, 11) is 0. The van der Waals surface area contributed by atoms with E-state index in [1.54, 1.807) is 51.1 Å². The Balaban J connectivity index is 1.62. The van der Waals surface area contributed by atoms with Gasteiger partial charge in [-0.1, -0.05) is 29.5 Å². The van der Waals surface area contributed by atoms with Crippen LogP contribution in [-0.2, 0) is 9.53 Å². The van der Waals surface area contributed by atoms with Crippen molar-refractivity contribution in [2.45, 2.75) is 59.1 Å². The summed E-state index contributed by atoms with van der Waals surface area (Å²) in [6.07, 6.45) is 4.42. The highest BCUT2D eigenvalue weighted by Gasteiger charge is 2.34. The van der Waals surface area contributed by atoms with Gasteiger partial charge in [0.1, 0.15) is 11.4 Å². The minimum atomic E-state index is -0.763. The molecular formula is C31H34N4O6S. The zero-order valence-corrected chi connectivity index (χ0v) is 25.0. The average Bonchev–Trinajstić information content (AvgIpc) is 3.26. The number of hydrogen-bond donors (Lipinski definition) is 0. The van der Waals surface area contributed by atoms with Crippen LogP contribution in [-0.4, -0.2) is 41.3 Å². The molecule has 2 aliphatic heterocycles. The lowest BCUT2D eigenvalue weighted by molar-refractivity contribution is -0.384. The van der Waals surface area contributed by atoms with Crippen molar-refractivity contribution in [3.05, 3.63) is 94.7 Å². The molecule has 10 nitrogen and oxygen atoms in total. The zero-order chi connectivity index (χ0) is 30.0. The molecule has 5 rings (SSSR count). The van der Waals surface area contributed by atoms with Gasteiger partial charge < -0.3 is 14.4 Å². The van der Waals surface area contributed by atoms with Gasteiger partial charge in [-0.2, -0.15) is 0 Å². The Kier molecular flexibility index (Phi) is 8.58. The van der Waals surface area contributed by atoms with Crippen LogP contribution in [0.25, 0.3) is 6.08 Å². The molecule has 0 saturated carbocycles. The number of piperidine rings is 1. The number of esters is 1. The van der Waals surface area contributed by atoms with Crippen molar-refractivity contribution in [3.63, 3.8) is 0 Å². The van der Waals surface area contributed by atoms with Crippen LogP contribution in [0.3, 0.4) is 0 Å². The highest BCUT2D eigenvalue weighted by Crippen LogP contribution is 2.33. The molecule has 3 heterocycles. The molecule has 1 fully saturated rings. The lowest BCUT2D eigenvalue weighted by Gasteiger charge is -2.28. The highest BCUT2D eigenvalue weighted by atomic mass is 32.1. The van der Waals surface area contributed by atoms with E-state index in [1.807, 2.05) is 19.1 Å². The SMILES string of the molecule is CCOc1ccc([C@@H]2C(C(=O)OC(C)C)=C(C)N=c3s/c(=C\c4ccc(N5CCCCC5)c([N+](=O)[O-])c4)c(=O)n32)cc1. The zero-order valence-electron chi connectivity index (χ0n) is 24.2. The number of nitrogens with zero attached hydrogens (tertiary/aromatic N) is 4. The lowest BCUT2D eigenvalue weighted by Crippen LogP contribution is -2.40. The first-order valence-corrected chi connectivity index (χ1v) is 15.0. The number of nitro benzene ring substituents is 1. The van der Waals surface area contributed by atoms with Gasteiger partial charge in [-0.15, -0.1) is 0 Å². The Hall–Kier alpha value is -4.25. The number of ether oxygens (including phenoxy) is 2. The molecule has 220 valence electrons. The Morgan fingerprint density at radius 3 is 2.52 bits per heavy atom. The van der Waals surface area contributed by atoms with Crippen molar-refractivity contribution < 1.29 is 19.2 Å². The van der Waals surface area contributed by atoms with Crippen molar-refractivity contribution in [2.24, 2.45) is 4.99 Å². The summed E-state index contributed by atoms with van der Waals surface area (Å²) >= 11 is 1.18. The summed E-state index contributed by atoms with van der Waals surface area (Å²) in [5.41, 5.74) is 2.26. The van der Waals surface area contributed by atoms with E-state index in [4.69, 9.17) is 9.47 Å². The van der Waals surface area contributed by atoms with E-state index in [2.05, 4.69) is 9.89 Å². The summed E-state index contributed by atoms with van der Waals surface area (Å²) < 4.78 is 13.0. The second-order valence-corrected chi connectivity index (χ2v) is 11.6. The largest absolute Gasteiger partial charge is 0.494 e. The number of nitro groups is 1. The number of thiazole rings is 1. The number of aromatic nitrogens is 1. The van der Waals surface area contributed by atoms with Gasteiger partial charge in [0.05, 0.1) is 39.5 Å². The third-order valence-corrected chi connectivity index (χ3v) is 8.26. The van der Waals surface area contributed by atoms with Crippen molar-refractivity contribution in [1.82, 2.24) is 4.57 Å². The maximum absolute atomic E-state index is 13.9. The number of rotatable bonds is 8. The lowest BCUT2D eigenvalue weighted by atomic mass is 9.96. The second-order valence-electron chi connectivity index (χ2n) is 10.6. The third-order valence-electron chi connectivity index (χ3n) is 7.28. The quantitative estimate of drug-likeness (QED) is 0.216. The number of carbonyl (C=O) groups excluding carboxylic acids is 1. The smallest absolute Gasteiger partial charge is 0.338 e. The van der Waals surface area contributed by atoms with Crippen LogP contribution >= 0.6 is 11.3 Å². The van der Waals surface area contributed by atoms with Crippen LogP contribution in [0.5, 0.6) is 5.75 Å². The molecule has 0 aliphatic carbocycles. The first-order chi connectivity index (χ1) is 20.2. The molecule has 2 aromatic carbocycles. The van der Waals surface area contributed by atoms with Gasteiger partial charge >= 0.3 is 5.97 Å². The molecule has 1 aromatic heterocycles. The summed E-state index contributed by atoms with van der Waals surface area (Å²) in [4.78, 5) is 46.0. The molecule has 11 heteroatoms. The summed E-state index contributed by atoms with van der Waals surface area (Å²) in [6.45, 7) is 9.24. The van der Waals surface area contributed by atoms with Crippen molar-refractivity contribution in [2.75, 3.05) is 24.6 Å². The van der Waals surface area contributed by atoms with Crippen LogP contribution in [0.1, 0.15) is 64.1 Å². The van der Waals surface area contributed by atoms with Crippen molar-refractivity contribution in [1.29, 1.82) is 0 Å². The predicted octanol–water partition coefficient (Wildman–Crippen LogP) is 4.48. The van der Waals surface area contributed by atoms with Crippen LogP contribution in [0, 0.1) is 10.1 Å². The molecule has 3 aromatic rings. The summed E-state index contributed by atoms with van der Waals surface area (Å²) in [5.74, 6) is 0.138. The molecule has 0 amide bonds. The molecule has 0 spiro atoms. The number of carbonyl (C=O) groups is 1. The maximum atomic E-state index is 13.9. The van der Waals surface area contributed by atoms with Crippen molar-refractivity contribution in [3.8, 4) is 5.75 Å².